The van der Waals surface area contributed by atoms with E-state index in [1.165, 1.54) is 5.56 Å². The van der Waals surface area contributed by atoms with Crippen molar-refractivity contribution in [1.29, 1.82) is 0 Å². The van der Waals surface area contributed by atoms with E-state index in [9.17, 15) is 9.59 Å². The number of carbonyl (C=O) groups is 2. The lowest BCUT2D eigenvalue weighted by atomic mass is 9.84. The molecule has 0 fully saturated rings. The molecule has 0 saturated carbocycles. The van der Waals surface area contributed by atoms with Crippen LogP contribution in [0.4, 0.5) is 5.69 Å². The maximum atomic E-state index is 13.0. The summed E-state index contributed by atoms with van der Waals surface area (Å²) in [7, 11) is 1.60. The summed E-state index contributed by atoms with van der Waals surface area (Å²) in [5, 5.41) is 0. The van der Waals surface area contributed by atoms with Crippen molar-refractivity contribution in [3.63, 3.8) is 0 Å². The number of rotatable bonds is 4. The van der Waals surface area contributed by atoms with E-state index in [1.54, 1.807) is 12.0 Å². The molecule has 1 atom stereocenters. The van der Waals surface area contributed by atoms with Crippen molar-refractivity contribution in [2.45, 2.75) is 25.7 Å². The van der Waals surface area contributed by atoms with Gasteiger partial charge in [-0.25, -0.2) is 4.79 Å². The first kappa shape index (κ1) is 17.3. The smallest absolute Gasteiger partial charge is 0.336 e. The van der Waals surface area contributed by atoms with Crippen LogP contribution in [0.15, 0.2) is 59.8 Å². The number of ether oxygens (including phenoxy) is 2. The molecule has 138 valence electrons. The van der Waals surface area contributed by atoms with Crippen molar-refractivity contribution in [3.05, 3.63) is 70.9 Å². The Kier molecular flexibility index (Phi) is 4.44. The van der Waals surface area contributed by atoms with E-state index in [-0.39, 0.29) is 30.8 Å². The van der Waals surface area contributed by atoms with Gasteiger partial charge in [0.15, 0.2) is 0 Å². The summed E-state index contributed by atoms with van der Waals surface area (Å²) in [5.74, 6) is -0.000529. The second kappa shape index (κ2) is 6.91. The van der Waals surface area contributed by atoms with E-state index in [2.05, 4.69) is 6.92 Å². The zero-order chi connectivity index (χ0) is 19.0. The first-order valence-electron chi connectivity index (χ1n) is 9.08. The number of aryl methyl sites for hydroxylation is 1. The molecule has 2 heterocycles. The monoisotopic (exact) mass is 363 g/mol. The van der Waals surface area contributed by atoms with Crippen molar-refractivity contribution < 1.29 is 19.1 Å². The lowest BCUT2D eigenvalue weighted by Gasteiger charge is -2.32. The van der Waals surface area contributed by atoms with Gasteiger partial charge in [0.1, 0.15) is 12.4 Å². The molecule has 0 radical (unpaired) electrons. The first-order chi connectivity index (χ1) is 13.1. The molecule has 5 heteroatoms. The van der Waals surface area contributed by atoms with E-state index in [4.69, 9.17) is 9.47 Å². The predicted molar refractivity (Wildman–Crippen MR) is 102 cm³/mol. The molecule has 1 unspecified atom stereocenters. The van der Waals surface area contributed by atoms with Crippen molar-refractivity contribution in [3.8, 4) is 5.75 Å². The van der Waals surface area contributed by atoms with Crippen LogP contribution in [0.25, 0.3) is 0 Å². The molecule has 2 aliphatic heterocycles. The minimum atomic E-state index is -0.347. The van der Waals surface area contributed by atoms with Crippen molar-refractivity contribution in [1.82, 2.24) is 0 Å². The first-order valence-corrected chi connectivity index (χ1v) is 9.08. The fourth-order valence-corrected chi connectivity index (χ4v) is 3.78. The van der Waals surface area contributed by atoms with E-state index in [0.717, 1.165) is 17.7 Å². The summed E-state index contributed by atoms with van der Waals surface area (Å²) < 4.78 is 10.6. The largest absolute Gasteiger partial charge is 0.497 e. The van der Waals surface area contributed by atoms with Crippen LogP contribution < -0.4 is 9.64 Å². The zero-order valence-electron chi connectivity index (χ0n) is 15.4. The number of hydrogen-bond acceptors (Lipinski definition) is 4. The van der Waals surface area contributed by atoms with Gasteiger partial charge in [-0.05, 0) is 41.8 Å². The molecule has 0 aliphatic carbocycles. The molecule has 4 rings (SSSR count). The van der Waals surface area contributed by atoms with Gasteiger partial charge >= 0.3 is 5.97 Å². The lowest BCUT2D eigenvalue weighted by molar-refractivity contribution is -0.136. The van der Waals surface area contributed by atoms with Gasteiger partial charge in [-0.1, -0.05) is 31.2 Å². The van der Waals surface area contributed by atoms with Gasteiger partial charge in [0.25, 0.3) is 0 Å². The van der Waals surface area contributed by atoms with Crippen LogP contribution in [-0.2, 0) is 20.7 Å². The highest BCUT2D eigenvalue weighted by molar-refractivity contribution is 6.06. The number of hydrogen-bond donors (Lipinski definition) is 0. The number of methoxy groups -OCH3 is 1. The second-order valence-corrected chi connectivity index (χ2v) is 6.72. The van der Waals surface area contributed by atoms with Crippen LogP contribution in [0.2, 0.25) is 0 Å². The molecular weight excluding hydrogens is 342 g/mol. The third-order valence-electron chi connectivity index (χ3n) is 5.22. The highest BCUT2D eigenvalue weighted by atomic mass is 16.5. The normalized spacial score (nSPS) is 19.2. The molecule has 2 aromatic rings. The Morgan fingerprint density at radius 1 is 1.15 bits per heavy atom. The average Bonchev–Trinajstić information content (AvgIpc) is 3.09. The third kappa shape index (κ3) is 2.99. The summed E-state index contributed by atoms with van der Waals surface area (Å²) in [6, 6.07) is 15.4. The number of esters is 1. The number of carbonyl (C=O) groups excluding carboxylic acids is 2. The van der Waals surface area contributed by atoms with Crippen molar-refractivity contribution in [2.75, 3.05) is 18.6 Å². The van der Waals surface area contributed by atoms with Gasteiger partial charge in [0.2, 0.25) is 5.91 Å². The molecule has 0 N–H and O–H groups in total. The summed E-state index contributed by atoms with van der Waals surface area (Å²) in [5.41, 5.74) is 4.07. The Hall–Kier alpha value is -3.08. The quantitative estimate of drug-likeness (QED) is 0.779. The van der Waals surface area contributed by atoms with E-state index < -0.39 is 0 Å². The summed E-state index contributed by atoms with van der Waals surface area (Å²) in [6.07, 6.45) is 1.15. The topological polar surface area (TPSA) is 55.8 Å². The lowest BCUT2D eigenvalue weighted by Crippen LogP contribution is -2.37. The van der Waals surface area contributed by atoms with Gasteiger partial charge in [0, 0.05) is 18.0 Å². The number of anilines is 1. The van der Waals surface area contributed by atoms with E-state index >= 15 is 0 Å². The summed E-state index contributed by atoms with van der Waals surface area (Å²) in [4.78, 5) is 27.1. The Balaban J connectivity index is 1.78. The van der Waals surface area contributed by atoms with Gasteiger partial charge < -0.3 is 9.47 Å². The zero-order valence-corrected chi connectivity index (χ0v) is 15.4. The standard InChI is InChI=1S/C22H21NO4/c1-3-14-7-9-16(10-8-14)23-19-13-27-22(25)21(19)18(12-20(23)24)15-5-4-6-17(11-15)26-2/h4-11,18H,3,12-13H2,1-2H3. The van der Waals surface area contributed by atoms with Gasteiger partial charge in [-0.15, -0.1) is 0 Å². The maximum absolute atomic E-state index is 13.0. The molecular formula is C22H21NO4. The molecule has 0 aromatic heterocycles. The minimum Gasteiger partial charge on any atom is -0.497 e. The highest BCUT2D eigenvalue weighted by Gasteiger charge is 2.43. The number of nitrogens with zero attached hydrogens (tertiary/aromatic N) is 1. The SMILES string of the molecule is CCc1ccc(N2C(=O)CC(c3cccc(OC)c3)C3=C2COC3=O)cc1. The van der Waals surface area contributed by atoms with Crippen LogP contribution in [0.3, 0.4) is 0 Å². The Bertz CT molecular complexity index is 930. The van der Waals surface area contributed by atoms with Crippen molar-refractivity contribution >= 4 is 17.6 Å². The molecule has 27 heavy (non-hydrogen) atoms. The van der Waals surface area contributed by atoms with Gasteiger partial charge in [-0.2, -0.15) is 0 Å². The average molecular weight is 363 g/mol. The number of amides is 1. The molecule has 0 bridgehead atoms. The highest BCUT2D eigenvalue weighted by Crippen LogP contribution is 2.42. The maximum Gasteiger partial charge on any atom is 0.336 e. The molecule has 0 saturated heterocycles. The molecule has 2 aromatic carbocycles. The van der Waals surface area contributed by atoms with Gasteiger partial charge in [0.05, 0.1) is 18.4 Å². The molecule has 5 nitrogen and oxygen atoms in total. The van der Waals surface area contributed by atoms with Crippen LogP contribution >= 0.6 is 0 Å². The van der Waals surface area contributed by atoms with E-state index in [1.807, 2.05) is 48.5 Å². The fourth-order valence-electron chi connectivity index (χ4n) is 3.78. The number of benzene rings is 2. The third-order valence-corrected chi connectivity index (χ3v) is 5.22. The summed E-state index contributed by atoms with van der Waals surface area (Å²) in [6.45, 7) is 2.21. The van der Waals surface area contributed by atoms with Crippen LogP contribution in [0, 0.1) is 0 Å². The van der Waals surface area contributed by atoms with Gasteiger partial charge in [-0.3, -0.25) is 9.69 Å². The van der Waals surface area contributed by atoms with E-state index in [0.29, 0.717) is 17.0 Å². The number of cyclic esters (lactones) is 1. The molecule has 0 spiro atoms. The molecule has 1 amide bonds. The summed E-state index contributed by atoms with van der Waals surface area (Å²) >= 11 is 0. The van der Waals surface area contributed by atoms with Crippen LogP contribution in [0.1, 0.15) is 30.4 Å². The van der Waals surface area contributed by atoms with Crippen LogP contribution in [-0.4, -0.2) is 25.6 Å². The fraction of sp³-hybridized carbons (Fsp3) is 0.273. The minimum absolute atomic E-state index is 0.0379. The predicted octanol–water partition coefficient (Wildman–Crippen LogP) is 3.59. The van der Waals surface area contributed by atoms with Crippen molar-refractivity contribution in [2.24, 2.45) is 0 Å². The molecule has 2 aliphatic rings. The Morgan fingerprint density at radius 3 is 2.63 bits per heavy atom. The Morgan fingerprint density at radius 2 is 1.93 bits per heavy atom. The van der Waals surface area contributed by atoms with Crippen LogP contribution in [0.5, 0.6) is 5.75 Å². The second-order valence-electron chi connectivity index (χ2n) is 6.72. The Labute approximate surface area is 158 Å².